The van der Waals surface area contributed by atoms with Crippen LogP contribution in [0.4, 0.5) is 34.1 Å². The van der Waals surface area contributed by atoms with Crippen molar-refractivity contribution in [2.24, 2.45) is 0 Å². The molecule has 0 amide bonds. The number of hydrogen-bond acceptors (Lipinski definition) is 2. The van der Waals surface area contributed by atoms with E-state index >= 15 is 0 Å². The van der Waals surface area contributed by atoms with E-state index in [0.29, 0.717) is 0 Å². The smallest absolute Gasteiger partial charge is 0.0714 e. The molecule has 0 heterocycles. The van der Waals surface area contributed by atoms with Gasteiger partial charge < -0.3 is 9.80 Å². The molecule has 0 atom stereocenters. The zero-order chi connectivity index (χ0) is 83.5. The molecule has 0 aromatic heterocycles. The van der Waals surface area contributed by atoms with Crippen molar-refractivity contribution in [2.75, 3.05) is 9.80 Å². The number of benzene rings is 21. The fraction of sp³-hybridized carbons (Fsp3) is 0.0161. The summed E-state index contributed by atoms with van der Waals surface area (Å²) in [6.07, 6.45) is 0. The molecule has 0 fully saturated rings. The minimum Gasteiger partial charge on any atom is -0.310 e. The summed E-state index contributed by atoms with van der Waals surface area (Å²) < 4.78 is 0. The van der Waals surface area contributed by atoms with Crippen molar-refractivity contribution in [1.29, 1.82) is 0 Å². The Morgan fingerprint density at radius 1 is 0.127 bits per heavy atom. The first-order chi connectivity index (χ1) is 62.5. The average molecular weight is 1600 g/mol. The molecule has 0 radical (unpaired) electrons. The first-order valence-electron chi connectivity index (χ1n) is 43.7. The third-order valence-corrected chi connectivity index (χ3v) is 26.5. The van der Waals surface area contributed by atoms with Crippen molar-refractivity contribution in [1.82, 2.24) is 0 Å². The Labute approximate surface area is 736 Å². The lowest BCUT2D eigenvalue weighted by Gasteiger charge is -2.35. The van der Waals surface area contributed by atoms with Crippen LogP contribution >= 0.6 is 0 Å². The van der Waals surface area contributed by atoms with Crippen LogP contribution in [0.15, 0.2) is 510 Å². The van der Waals surface area contributed by atoms with Crippen molar-refractivity contribution in [3.05, 3.63) is 554 Å². The molecule has 0 saturated heterocycles. The Morgan fingerprint density at radius 2 is 0.389 bits per heavy atom. The first kappa shape index (κ1) is 74.8. The Bertz CT molecular complexity index is 7570. The van der Waals surface area contributed by atoms with E-state index in [2.05, 4.69) is 519 Å². The zero-order valence-corrected chi connectivity index (χ0v) is 69.4. The maximum Gasteiger partial charge on any atom is 0.0714 e. The average Bonchev–Trinajstić information content (AvgIpc) is 1.52. The highest BCUT2D eigenvalue weighted by Crippen LogP contribution is 2.60. The maximum atomic E-state index is 2.52. The van der Waals surface area contributed by atoms with Gasteiger partial charge in [-0.25, -0.2) is 0 Å². The highest BCUT2D eigenvalue weighted by Gasteiger charge is 2.48. The van der Waals surface area contributed by atoms with E-state index in [4.69, 9.17) is 0 Å². The van der Waals surface area contributed by atoms with Gasteiger partial charge >= 0.3 is 0 Å². The van der Waals surface area contributed by atoms with Crippen molar-refractivity contribution in [3.63, 3.8) is 0 Å². The maximum absolute atomic E-state index is 2.52. The highest BCUT2D eigenvalue weighted by atomic mass is 15.1. The van der Waals surface area contributed by atoms with E-state index < -0.39 is 10.8 Å². The van der Waals surface area contributed by atoms with Gasteiger partial charge in [0.1, 0.15) is 0 Å². The summed E-state index contributed by atoms with van der Waals surface area (Å²) >= 11 is 0. The summed E-state index contributed by atoms with van der Waals surface area (Å²) in [5.41, 5.74) is 38.7. The van der Waals surface area contributed by atoms with Crippen molar-refractivity contribution in [2.45, 2.75) is 10.8 Å². The largest absolute Gasteiger partial charge is 0.310 e. The standard InChI is InChI=1S/C124H84N2/c1-7-32-86(33-8-1)105-51-21-23-53-108(105)89-62-70-100(71-63-89)125(99-68-60-85(61-69-99)91-66-75-116-115-57-27-28-59-119(115)123(120(116)82-91,95-40-11-3-12-41-95)96-42-13-4-14-43-96)102-48-30-39-93(81-102)111-78-79-112(114-56-26-25-55-113(111)114)94-67-76-117-118-77-74-104(84-122(118)124(121(117)83-94,97-44-15-5-16-45-97)98-46-17-6-18-47-98)126(103-49-29-38-92(80-103)110-58-31-37-88-36-19-20-50-107(88)110)101-72-64-90(65-73-101)109-54-24-22-52-106(109)87-34-9-2-10-35-87/h1-84H. The van der Waals surface area contributed by atoms with Crippen molar-refractivity contribution in [3.8, 4) is 111 Å². The molecule has 21 aromatic rings. The molecule has 0 aliphatic heterocycles. The number of hydrogen-bond donors (Lipinski definition) is 0. The number of rotatable bonds is 18. The number of nitrogens with zero attached hydrogens (tertiary/aromatic N) is 2. The van der Waals surface area contributed by atoms with Crippen molar-refractivity contribution < 1.29 is 0 Å². The molecular formula is C124H84N2. The van der Waals surface area contributed by atoms with Gasteiger partial charge in [0, 0.05) is 34.1 Å². The Morgan fingerprint density at radius 3 is 0.857 bits per heavy atom. The molecular weight excluding hydrogens is 1520 g/mol. The molecule has 0 saturated carbocycles. The van der Waals surface area contributed by atoms with Crippen LogP contribution in [0.3, 0.4) is 0 Å². The van der Waals surface area contributed by atoms with Gasteiger partial charge in [-0.05, 0) is 262 Å². The summed E-state index contributed by atoms with van der Waals surface area (Å²) in [5.74, 6) is 0. The summed E-state index contributed by atoms with van der Waals surface area (Å²) in [5, 5.41) is 4.79. The lowest BCUT2D eigenvalue weighted by Crippen LogP contribution is -2.28. The first-order valence-corrected chi connectivity index (χ1v) is 43.7. The minimum absolute atomic E-state index is 0.514. The normalized spacial score (nSPS) is 12.6. The molecule has 23 rings (SSSR count). The van der Waals surface area contributed by atoms with E-state index in [1.165, 1.54) is 138 Å². The second-order valence-corrected chi connectivity index (χ2v) is 33.2. The predicted molar refractivity (Wildman–Crippen MR) is 529 cm³/mol. The molecule has 0 spiro atoms. The topological polar surface area (TPSA) is 6.48 Å². The fourth-order valence-electron chi connectivity index (χ4n) is 20.8. The van der Waals surface area contributed by atoms with Gasteiger partial charge in [-0.15, -0.1) is 0 Å². The summed E-state index contributed by atoms with van der Waals surface area (Å²) in [6.45, 7) is 0. The van der Waals surface area contributed by atoms with Crippen LogP contribution in [0.25, 0.3) is 133 Å². The third-order valence-electron chi connectivity index (χ3n) is 26.5. The van der Waals surface area contributed by atoms with Crippen LogP contribution in [0.1, 0.15) is 44.5 Å². The van der Waals surface area contributed by atoms with Crippen LogP contribution < -0.4 is 9.80 Å². The van der Waals surface area contributed by atoms with Crippen LogP contribution in [0, 0.1) is 0 Å². The van der Waals surface area contributed by atoms with Gasteiger partial charge in [-0.1, -0.05) is 425 Å². The monoisotopic (exact) mass is 1600 g/mol. The second kappa shape index (κ2) is 31.6. The summed E-state index contributed by atoms with van der Waals surface area (Å²) in [7, 11) is 0. The molecule has 590 valence electrons. The van der Waals surface area contributed by atoms with E-state index in [1.54, 1.807) is 0 Å². The quantitative estimate of drug-likeness (QED) is 0.0845. The lowest BCUT2D eigenvalue weighted by molar-refractivity contribution is 0.768. The Balaban J connectivity index is 0.639. The molecule has 21 aromatic carbocycles. The van der Waals surface area contributed by atoms with Gasteiger partial charge in [0.05, 0.1) is 10.8 Å². The predicted octanol–water partition coefficient (Wildman–Crippen LogP) is 33.0. The van der Waals surface area contributed by atoms with Gasteiger partial charge in [-0.2, -0.15) is 0 Å². The molecule has 2 aliphatic carbocycles. The minimum atomic E-state index is -0.747. The van der Waals surface area contributed by atoms with Gasteiger partial charge in [-0.3, -0.25) is 0 Å². The van der Waals surface area contributed by atoms with Crippen LogP contribution in [0.2, 0.25) is 0 Å². The third kappa shape index (κ3) is 12.7. The van der Waals surface area contributed by atoms with Gasteiger partial charge in [0.2, 0.25) is 0 Å². The zero-order valence-electron chi connectivity index (χ0n) is 69.4. The molecule has 2 aliphatic rings. The Kier molecular flexibility index (Phi) is 18.8. The molecule has 2 heteroatoms. The SMILES string of the molecule is c1ccc(-c2ccccc2-c2ccc(N(c3ccc(-c4ccc5c(c4)C(c4ccccc4)(c4ccccc4)c4ccccc4-5)cc3)c3cccc(-c4ccc(-c5ccc6c(c5)C(c5ccccc5)(c5ccccc5)c5cc(N(c7ccc(-c8ccccc8-c8ccccc8)cc7)c7cccc(-c8cccc9ccccc89)c7)ccc5-6)c5ccccc45)c3)cc2)cc1. The number of fused-ring (bicyclic) bond motifs is 8. The summed E-state index contributed by atoms with van der Waals surface area (Å²) in [4.78, 5) is 4.90. The molecule has 0 N–H and O–H groups in total. The molecule has 0 unspecified atom stereocenters. The van der Waals surface area contributed by atoms with E-state index in [0.717, 1.165) is 73.1 Å². The van der Waals surface area contributed by atoms with Crippen LogP contribution in [-0.2, 0) is 10.8 Å². The lowest BCUT2D eigenvalue weighted by atomic mass is 9.67. The molecule has 126 heavy (non-hydrogen) atoms. The van der Waals surface area contributed by atoms with E-state index in [-0.39, 0.29) is 0 Å². The van der Waals surface area contributed by atoms with Crippen molar-refractivity contribution >= 4 is 55.7 Å². The number of anilines is 6. The highest BCUT2D eigenvalue weighted by molar-refractivity contribution is 6.07. The second-order valence-electron chi connectivity index (χ2n) is 33.2. The Hall–Kier alpha value is -16.3. The fourth-order valence-corrected chi connectivity index (χ4v) is 20.8. The molecule has 2 nitrogen and oxygen atoms in total. The van der Waals surface area contributed by atoms with E-state index in [1.807, 2.05) is 0 Å². The summed E-state index contributed by atoms with van der Waals surface area (Å²) in [6, 6.07) is 189. The molecule has 0 bridgehead atoms. The van der Waals surface area contributed by atoms with E-state index in [9.17, 15) is 0 Å². The van der Waals surface area contributed by atoms with Crippen LogP contribution in [0.5, 0.6) is 0 Å². The van der Waals surface area contributed by atoms with Crippen LogP contribution in [-0.4, -0.2) is 0 Å². The van der Waals surface area contributed by atoms with Gasteiger partial charge in [0.15, 0.2) is 0 Å². The van der Waals surface area contributed by atoms with Gasteiger partial charge in [0.25, 0.3) is 0 Å².